The third kappa shape index (κ3) is 2.68. The van der Waals surface area contributed by atoms with Crippen LogP contribution in [0.4, 0.5) is 5.82 Å². The van der Waals surface area contributed by atoms with E-state index in [4.69, 9.17) is 11.6 Å². The predicted octanol–water partition coefficient (Wildman–Crippen LogP) is 3.39. The van der Waals surface area contributed by atoms with Gasteiger partial charge >= 0.3 is 0 Å². The van der Waals surface area contributed by atoms with Gasteiger partial charge in [0.25, 0.3) is 0 Å². The second kappa shape index (κ2) is 5.37. The monoisotopic (exact) mass is 278 g/mol. The Morgan fingerprint density at radius 3 is 3.05 bits per heavy atom. The fraction of sp³-hybridized carbons (Fsp3) is 0.571. The maximum atomic E-state index is 6.48. The summed E-state index contributed by atoms with van der Waals surface area (Å²) >= 11 is 6.48. The van der Waals surface area contributed by atoms with Crippen LogP contribution in [0.15, 0.2) is 18.5 Å². The summed E-state index contributed by atoms with van der Waals surface area (Å²) in [4.78, 5) is 4.45. The molecule has 2 heterocycles. The van der Waals surface area contributed by atoms with Crippen LogP contribution in [0.3, 0.4) is 0 Å². The van der Waals surface area contributed by atoms with Crippen LogP contribution in [-0.2, 0) is 0 Å². The number of aryl methyl sites for hydroxylation is 1. The molecular formula is C14H19ClN4. The molecule has 0 amide bonds. The van der Waals surface area contributed by atoms with Crippen molar-refractivity contribution in [2.24, 2.45) is 0 Å². The molecule has 1 aliphatic rings. The summed E-state index contributed by atoms with van der Waals surface area (Å²) in [6.07, 6.45) is 9.61. The van der Waals surface area contributed by atoms with E-state index in [1.807, 2.05) is 17.6 Å². The minimum Gasteiger partial charge on any atom is -0.364 e. The van der Waals surface area contributed by atoms with Gasteiger partial charge in [-0.2, -0.15) is 5.10 Å². The highest BCUT2D eigenvalue weighted by Gasteiger charge is 2.22. The van der Waals surface area contributed by atoms with Crippen LogP contribution < -0.4 is 5.32 Å². The molecule has 2 aromatic rings. The third-order valence-corrected chi connectivity index (χ3v) is 4.29. The van der Waals surface area contributed by atoms with E-state index in [0.29, 0.717) is 6.04 Å². The Kier molecular flexibility index (Phi) is 3.60. The average Bonchev–Trinajstić information content (AvgIpc) is 2.66. The Morgan fingerprint density at radius 2 is 2.16 bits per heavy atom. The largest absolute Gasteiger partial charge is 0.364 e. The lowest BCUT2D eigenvalue weighted by molar-refractivity contribution is 0.625. The van der Waals surface area contributed by atoms with Crippen LogP contribution in [0, 0.1) is 6.92 Å². The zero-order valence-electron chi connectivity index (χ0n) is 11.1. The summed E-state index contributed by atoms with van der Waals surface area (Å²) < 4.78 is 1.87. The van der Waals surface area contributed by atoms with Gasteiger partial charge in [0.1, 0.15) is 5.52 Å². The van der Waals surface area contributed by atoms with Gasteiger partial charge in [-0.1, -0.05) is 19.3 Å². The fourth-order valence-corrected chi connectivity index (χ4v) is 3.10. The van der Waals surface area contributed by atoms with Crippen molar-refractivity contribution in [3.8, 4) is 0 Å². The number of hydrogen-bond donors (Lipinski definition) is 1. The van der Waals surface area contributed by atoms with E-state index in [2.05, 4.69) is 21.5 Å². The number of rotatable bonds is 2. The molecule has 3 rings (SSSR count). The summed E-state index contributed by atoms with van der Waals surface area (Å²) in [5.41, 5.74) is 2.02. The first-order valence-corrected chi connectivity index (χ1v) is 7.39. The van der Waals surface area contributed by atoms with Gasteiger partial charge in [-0.25, -0.2) is 9.50 Å². The van der Waals surface area contributed by atoms with Crippen LogP contribution in [0.2, 0.25) is 0 Å². The van der Waals surface area contributed by atoms with Crippen molar-refractivity contribution in [1.29, 1.82) is 0 Å². The average molecular weight is 279 g/mol. The number of anilines is 1. The molecule has 5 heteroatoms. The molecule has 1 saturated carbocycles. The number of aromatic nitrogens is 3. The Hall–Kier alpha value is -1.29. The normalized spacial score (nSPS) is 24.3. The molecule has 2 unspecified atom stereocenters. The molecule has 19 heavy (non-hydrogen) atoms. The smallest absolute Gasteiger partial charge is 0.152 e. The van der Waals surface area contributed by atoms with E-state index in [-0.39, 0.29) is 5.38 Å². The molecule has 1 fully saturated rings. The van der Waals surface area contributed by atoms with E-state index in [0.717, 1.165) is 29.9 Å². The van der Waals surface area contributed by atoms with Gasteiger partial charge in [0.05, 0.1) is 11.1 Å². The molecule has 1 aliphatic carbocycles. The highest BCUT2D eigenvalue weighted by atomic mass is 35.5. The lowest BCUT2D eigenvalue weighted by Gasteiger charge is -2.21. The van der Waals surface area contributed by atoms with Gasteiger partial charge in [0.2, 0.25) is 0 Å². The van der Waals surface area contributed by atoms with Gasteiger partial charge < -0.3 is 5.32 Å². The van der Waals surface area contributed by atoms with Crippen LogP contribution in [-0.4, -0.2) is 26.0 Å². The maximum absolute atomic E-state index is 6.48. The minimum atomic E-state index is 0.188. The molecule has 0 radical (unpaired) electrons. The zero-order valence-corrected chi connectivity index (χ0v) is 11.9. The Morgan fingerprint density at radius 1 is 1.32 bits per heavy atom. The Balaban J connectivity index is 1.87. The molecule has 102 valence electrons. The van der Waals surface area contributed by atoms with E-state index >= 15 is 0 Å². The summed E-state index contributed by atoms with van der Waals surface area (Å²) in [6.45, 7) is 1.99. The second-order valence-electron chi connectivity index (χ2n) is 5.30. The predicted molar refractivity (Wildman–Crippen MR) is 77.9 cm³/mol. The lowest BCUT2D eigenvalue weighted by atomic mass is 10.1. The minimum absolute atomic E-state index is 0.188. The summed E-state index contributed by atoms with van der Waals surface area (Å²) in [5, 5.41) is 8.12. The van der Waals surface area contributed by atoms with Crippen molar-refractivity contribution in [3.05, 3.63) is 24.2 Å². The summed E-state index contributed by atoms with van der Waals surface area (Å²) in [5.74, 6) is 0.889. The summed E-state index contributed by atoms with van der Waals surface area (Å²) in [7, 11) is 0. The van der Waals surface area contributed by atoms with Crippen molar-refractivity contribution in [2.75, 3.05) is 5.32 Å². The highest BCUT2D eigenvalue weighted by molar-refractivity contribution is 6.21. The van der Waals surface area contributed by atoms with Crippen molar-refractivity contribution in [3.63, 3.8) is 0 Å². The van der Waals surface area contributed by atoms with Crippen molar-refractivity contribution in [2.45, 2.75) is 50.4 Å². The van der Waals surface area contributed by atoms with E-state index in [1.165, 1.54) is 19.3 Å². The van der Waals surface area contributed by atoms with Gasteiger partial charge in [0, 0.05) is 18.4 Å². The first-order valence-electron chi connectivity index (χ1n) is 6.95. The van der Waals surface area contributed by atoms with E-state index in [9.17, 15) is 0 Å². The number of hydrogen-bond acceptors (Lipinski definition) is 3. The van der Waals surface area contributed by atoms with Gasteiger partial charge in [-0.15, -0.1) is 11.6 Å². The van der Waals surface area contributed by atoms with Crippen molar-refractivity contribution < 1.29 is 0 Å². The Bertz CT molecular complexity index is 566. The molecule has 0 saturated heterocycles. The molecule has 4 nitrogen and oxygen atoms in total. The number of alkyl halides is 1. The first-order chi connectivity index (χ1) is 9.24. The zero-order chi connectivity index (χ0) is 13.2. The number of nitrogens with zero attached hydrogens (tertiary/aromatic N) is 3. The molecule has 2 aromatic heterocycles. The standard InChI is InChI=1S/C14H19ClN4/c1-10-9-13-14(16-7-8-19(13)18-10)17-12-6-4-2-3-5-11(12)15/h7-9,11-12H,2-6H2,1H3,(H,16,17). The van der Waals surface area contributed by atoms with Gasteiger partial charge in [-0.3, -0.25) is 0 Å². The van der Waals surface area contributed by atoms with E-state index < -0.39 is 0 Å². The molecular weight excluding hydrogens is 260 g/mol. The number of nitrogens with one attached hydrogen (secondary N) is 1. The van der Waals surface area contributed by atoms with Crippen molar-refractivity contribution in [1.82, 2.24) is 14.6 Å². The quantitative estimate of drug-likeness (QED) is 0.676. The highest BCUT2D eigenvalue weighted by Crippen LogP contribution is 2.26. The van der Waals surface area contributed by atoms with Gasteiger partial charge in [-0.05, 0) is 25.8 Å². The fourth-order valence-electron chi connectivity index (χ4n) is 2.76. The molecule has 0 aromatic carbocycles. The topological polar surface area (TPSA) is 42.2 Å². The Labute approximate surface area is 118 Å². The lowest BCUT2D eigenvalue weighted by Crippen LogP contribution is -2.29. The van der Waals surface area contributed by atoms with Crippen LogP contribution >= 0.6 is 11.6 Å². The number of halogens is 1. The number of fused-ring (bicyclic) bond motifs is 1. The van der Waals surface area contributed by atoms with E-state index in [1.54, 1.807) is 6.20 Å². The van der Waals surface area contributed by atoms with Crippen LogP contribution in [0.25, 0.3) is 5.52 Å². The molecule has 1 N–H and O–H groups in total. The van der Waals surface area contributed by atoms with Gasteiger partial charge in [0.15, 0.2) is 5.82 Å². The maximum Gasteiger partial charge on any atom is 0.152 e. The van der Waals surface area contributed by atoms with Crippen molar-refractivity contribution >= 4 is 22.9 Å². The molecule has 0 spiro atoms. The molecule has 2 atom stereocenters. The molecule has 0 bridgehead atoms. The molecule has 0 aliphatic heterocycles. The SMILES string of the molecule is Cc1cc2c(NC3CCCCCC3Cl)nccn2n1. The van der Waals surface area contributed by atoms with Crippen LogP contribution in [0.5, 0.6) is 0 Å². The van der Waals surface area contributed by atoms with Crippen LogP contribution in [0.1, 0.15) is 37.8 Å². The summed E-state index contributed by atoms with van der Waals surface area (Å²) in [6, 6.07) is 2.35. The second-order valence-corrected chi connectivity index (χ2v) is 5.86. The third-order valence-electron chi connectivity index (χ3n) is 3.77. The first kappa shape index (κ1) is 12.7.